The van der Waals surface area contributed by atoms with E-state index in [0.29, 0.717) is 5.82 Å². The van der Waals surface area contributed by atoms with Crippen molar-refractivity contribution >= 4 is 11.6 Å². The number of hydrogen-bond donors (Lipinski definition) is 1. The van der Waals surface area contributed by atoms with Crippen LogP contribution in [0.3, 0.4) is 0 Å². The molecule has 0 atom stereocenters. The number of nitrogens with zero attached hydrogens (tertiary/aromatic N) is 3. The summed E-state index contributed by atoms with van der Waals surface area (Å²) in [5, 5.41) is 0. The van der Waals surface area contributed by atoms with E-state index in [-0.39, 0.29) is 0 Å². The molecule has 0 unspecified atom stereocenters. The van der Waals surface area contributed by atoms with Gasteiger partial charge in [0.15, 0.2) is 0 Å². The molecule has 1 aromatic heterocycles. The molecule has 1 aliphatic rings. The summed E-state index contributed by atoms with van der Waals surface area (Å²) in [5.41, 5.74) is 6.75. The van der Waals surface area contributed by atoms with Crippen LogP contribution in [-0.2, 0) is 6.42 Å². The van der Waals surface area contributed by atoms with Crippen molar-refractivity contribution in [3.63, 3.8) is 0 Å². The molecule has 4 heteroatoms. The predicted octanol–water partition coefficient (Wildman–Crippen LogP) is 0.0511. The summed E-state index contributed by atoms with van der Waals surface area (Å²) in [6.45, 7) is 0.998. The highest BCUT2D eigenvalue weighted by Gasteiger charge is 2.19. The third kappa shape index (κ3) is 0.824. The Morgan fingerprint density at radius 2 is 2.36 bits per heavy atom. The van der Waals surface area contributed by atoms with E-state index in [2.05, 4.69) is 14.9 Å². The highest BCUT2D eigenvalue weighted by Crippen LogP contribution is 2.26. The Labute approximate surface area is 65.1 Å². The molecular formula is C7H10N4. The van der Waals surface area contributed by atoms with E-state index < -0.39 is 0 Å². The summed E-state index contributed by atoms with van der Waals surface area (Å²) in [6.07, 6.45) is 2.48. The summed E-state index contributed by atoms with van der Waals surface area (Å²) in [4.78, 5) is 10.2. The normalized spacial score (nSPS) is 15.2. The maximum absolute atomic E-state index is 5.66. The number of hydrogen-bond acceptors (Lipinski definition) is 4. The molecule has 11 heavy (non-hydrogen) atoms. The third-order valence-electron chi connectivity index (χ3n) is 2.01. The molecule has 2 heterocycles. The maximum atomic E-state index is 5.66. The Bertz CT molecular complexity index is 284. The van der Waals surface area contributed by atoms with Crippen LogP contribution in [-0.4, -0.2) is 23.6 Å². The SMILES string of the molecule is CN1CCc2c(N)ncnc21. The zero-order valence-corrected chi connectivity index (χ0v) is 6.41. The average molecular weight is 150 g/mol. The number of nitrogen functional groups attached to an aromatic ring is 1. The number of nitrogens with two attached hydrogens (primary N) is 1. The van der Waals surface area contributed by atoms with Crippen LogP contribution >= 0.6 is 0 Å². The zero-order valence-electron chi connectivity index (χ0n) is 6.41. The molecule has 0 radical (unpaired) electrons. The second-order valence-electron chi connectivity index (χ2n) is 2.73. The predicted molar refractivity (Wildman–Crippen MR) is 43.4 cm³/mol. The van der Waals surface area contributed by atoms with Crippen molar-refractivity contribution in [3.05, 3.63) is 11.9 Å². The van der Waals surface area contributed by atoms with E-state index in [9.17, 15) is 0 Å². The lowest BCUT2D eigenvalue weighted by Crippen LogP contribution is -2.13. The molecule has 1 aromatic rings. The molecule has 2 N–H and O–H groups in total. The first kappa shape index (κ1) is 6.39. The number of likely N-dealkylation sites (N-methyl/N-ethyl adjacent to an activating group) is 1. The van der Waals surface area contributed by atoms with E-state index in [4.69, 9.17) is 5.73 Å². The summed E-state index contributed by atoms with van der Waals surface area (Å²) >= 11 is 0. The first-order chi connectivity index (χ1) is 5.29. The van der Waals surface area contributed by atoms with Crippen molar-refractivity contribution in [2.24, 2.45) is 0 Å². The van der Waals surface area contributed by atoms with Crippen molar-refractivity contribution in [2.75, 3.05) is 24.2 Å². The fourth-order valence-corrected chi connectivity index (χ4v) is 1.37. The monoisotopic (exact) mass is 150 g/mol. The van der Waals surface area contributed by atoms with Gasteiger partial charge in [-0.3, -0.25) is 0 Å². The second kappa shape index (κ2) is 2.08. The van der Waals surface area contributed by atoms with Gasteiger partial charge >= 0.3 is 0 Å². The maximum Gasteiger partial charge on any atom is 0.137 e. The number of rotatable bonds is 0. The van der Waals surface area contributed by atoms with Gasteiger partial charge in [-0.05, 0) is 6.42 Å². The smallest absolute Gasteiger partial charge is 0.137 e. The Hall–Kier alpha value is -1.32. The van der Waals surface area contributed by atoms with Gasteiger partial charge in [0.2, 0.25) is 0 Å². The third-order valence-corrected chi connectivity index (χ3v) is 2.01. The van der Waals surface area contributed by atoms with Gasteiger partial charge in [0, 0.05) is 19.2 Å². The largest absolute Gasteiger partial charge is 0.383 e. The molecular weight excluding hydrogens is 140 g/mol. The summed E-state index contributed by atoms with van der Waals surface area (Å²) in [5.74, 6) is 1.61. The van der Waals surface area contributed by atoms with Gasteiger partial charge in [0.05, 0.1) is 0 Å². The molecule has 4 nitrogen and oxygen atoms in total. The molecule has 0 saturated heterocycles. The fourth-order valence-electron chi connectivity index (χ4n) is 1.37. The lowest BCUT2D eigenvalue weighted by Gasteiger charge is -2.09. The van der Waals surface area contributed by atoms with Crippen molar-refractivity contribution in [2.45, 2.75) is 6.42 Å². The van der Waals surface area contributed by atoms with Gasteiger partial charge in [-0.2, -0.15) is 0 Å². The fraction of sp³-hybridized carbons (Fsp3) is 0.429. The molecule has 1 aliphatic heterocycles. The van der Waals surface area contributed by atoms with Gasteiger partial charge in [-0.25, -0.2) is 9.97 Å². The van der Waals surface area contributed by atoms with Crippen LogP contribution in [0.25, 0.3) is 0 Å². The van der Waals surface area contributed by atoms with E-state index in [1.54, 1.807) is 0 Å². The molecule has 2 rings (SSSR count). The van der Waals surface area contributed by atoms with Gasteiger partial charge in [0.25, 0.3) is 0 Å². The Morgan fingerprint density at radius 1 is 1.55 bits per heavy atom. The van der Waals surface area contributed by atoms with Crippen LogP contribution in [0, 0.1) is 0 Å². The van der Waals surface area contributed by atoms with E-state index in [1.807, 2.05) is 7.05 Å². The first-order valence-electron chi connectivity index (χ1n) is 3.59. The summed E-state index contributed by atoms with van der Waals surface area (Å²) in [6, 6.07) is 0. The highest BCUT2D eigenvalue weighted by atomic mass is 15.2. The van der Waals surface area contributed by atoms with Gasteiger partial charge in [-0.15, -0.1) is 0 Å². The Balaban J connectivity index is 2.57. The zero-order chi connectivity index (χ0) is 7.84. The number of anilines is 2. The molecule has 58 valence electrons. The molecule has 0 aliphatic carbocycles. The number of fused-ring (bicyclic) bond motifs is 1. The second-order valence-corrected chi connectivity index (χ2v) is 2.73. The lowest BCUT2D eigenvalue weighted by atomic mass is 10.2. The van der Waals surface area contributed by atoms with Crippen molar-refractivity contribution in [1.82, 2.24) is 9.97 Å². The first-order valence-corrected chi connectivity index (χ1v) is 3.59. The van der Waals surface area contributed by atoms with E-state index in [0.717, 1.165) is 24.3 Å². The van der Waals surface area contributed by atoms with Gasteiger partial charge < -0.3 is 10.6 Å². The van der Waals surface area contributed by atoms with Crippen LogP contribution in [0.2, 0.25) is 0 Å². The topological polar surface area (TPSA) is 55.0 Å². The standard InChI is InChI=1S/C7H10N4/c1-11-3-2-5-6(8)9-4-10-7(5)11/h4H,2-3H2,1H3,(H2,8,9,10). The van der Waals surface area contributed by atoms with Crippen LogP contribution in [0.5, 0.6) is 0 Å². The van der Waals surface area contributed by atoms with Crippen LogP contribution in [0.15, 0.2) is 6.33 Å². The molecule has 0 spiro atoms. The van der Waals surface area contributed by atoms with E-state index >= 15 is 0 Å². The minimum absolute atomic E-state index is 0.624. The van der Waals surface area contributed by atoms with Gasteiger partial charge in [-0.1, -0.05) is 0 Å². The average Bonchev–Trinajstić information content (AvgIpc) is 2.35. The molecule has 0 aromatic carbocycles. The molecule has 0 saturated carbocycles. The Kier molecular flexibility index (Phi) is 1.21. The Morgan fingerprint density at radius 3 is 3.09 bits per heavy atom. The molecule has 0 fully saturated rings. The number of aromatic nitrogens is 2. The van der Waals surface area contributed by atoms with Crippen molar-refractivity contribution in [3.8, 4) is 0 Å². The van der Waals surface area contributed by atoms with Gasteiger partial charge in [0.1, 0.15) is 18.0 Å². The van der Waals surface area contributed by atoms with Crippen LogP contribution < -0.4 is 10.6 Å². The minimum Gasteiger partial charge on any atom is -0.383 e. The quantitative estimate of drug-likeness (QED) is 0.567. The molecule has 0 amide bonds. The van der Waals surface area contributed by atoms with Crippen LogP contribution in [0.4, 0.5) is 11.6 Å². The lowest BCUT2D eigenvalue weighted by molar-refractivity contribution is 0.946. The van der Waals surface area contributed by atoms with Crippen LogP contribution in [0.1, 0.15) is 5.56 Å². The van der Waals surface area contributed by atoms with Crippen molar-refractivity contribution < 1.29 is 0 Å². The highest BCUT2D eigenvalue weighted by molar-refractivity contribution is 5.59. The van der Waals surface area contributed by atoms with E-state index in [1.165, 1.54) is 6.33 Å². The molecule has 0 bridgehead atoms. The van der Waals surface area contributed by atoms with Crippen molar-refractivity contribution in [1.29, 1.82) is 0 Å². The summed E-state index contributed by atoms with van der Waals surface area (Å²) < 4.78 is 0. The minimum atomic E-state index is 0.624. The summed E-state index contributed by atoms with van der Waals surface area (Å²) in [7, 11) is 2.01.